The van der Waals surface area contributed by atoms with Gasteiger partial charge < -0.3 is 14.5 Å². The van der Waals surface area contributed by atoms with Crippen molar-refractivity contribution in [2.24, 2.45) is 0 Å². The molecular formula is C21H28N2O5S. The summed E-state index contributed by atoms with van der Waals surface area (Å²) in [4.78, 5) is 12.6. The number of aryl methyl sites for hydroxylation is 1. The predicted molar refractivity (Wildman–Crippen MR) is 110 cm³/mol. The number of ether oxygens (including phenoxy) is 1. The van der Waals surface area contributed by atoms with Crippen molar-refractivity contribution < 1.29 is 22.4 Å². The zero-order valence-electron chi connectivity index (χ0n) is 16.9. The van der Waals surface area contributed by atoms with Gasteiger partial charge in [-0.1, -0.05) is 6.42 Å². The van der Waals surface area contributed by atoms with Crippen LogP contribution in [0.3, 0.4) is 0 Å². The Hall–Kier alpha value is -2.32. The summed E-state index contributed by atoms with van der Waals surface area (Å²) in [6.45, 7) is 4.80. The van der Waals surface area contributed by atoms with Crippen molar-refractivity contribution in [2.45, 2.75) is 57.0 Å². The Morgan fingerprint density at radius 2 is 1.97 bits per heavy atom. The SMILES string of the molecule is CC(C)Oc1ccc(S(=O)(=O)N2CCCCC2)cc1NC(=O)CCc1ccco1. The Morgan fingerprint density at radius 3 is 2.62 bits per heavy atom. The van der Waals surface area contributed by atoms with E-state index in [2.05, 4.69) is 5.32 Å². The average molecular weight is 421 g/mol. The molecule has 7 nitrogen and oxygen atoms in total. The smallest absolute Gasteiger partial charge is 0.243 e. The highest BCUT2D eigenvalue weighted by Crippen LogP contribution is 2.31. The fourth-order valence-corrected chi connectivity index (χ4v) is 4.83. The van der Waals surface area contributed by atoms with E-state index in [4.69, 9.17) is 9.15 Å². The Morgan fingerprint density at radius 1 is 1.21 bits per heavy atom. The van der Waals surface area contributed by atoms with Gasteiger partial charge in [-0.2, -0.15) is 4.31 Å². The number of carbonyl (C=O) groups is 1. The van der Waals surface area contributed by atoms with Crippen LogP contribution in [0.4, 0.5) is 5.69 Å². The minimum Gasteiger partial charge on any atom is -0.489 e. The van der Waals surface area contributed by atoms with Gasteiger partial charge in [0.25, 0.3) is 0 Å². The summed E-state index contributed by atoms with van der Waals surface area (Å²) in [6, 6.07) is 8.23. The number of hydrogen-bond donors (Lipinski definition) is 1. The molecule has 0 radical (unpaired) electrons. The molecule has 0 atom stereocenters. The van der Waals surface area contributed by atoms with E-state index in [0.29, 0.717) is 30.9 Å². The van der Waals surface area contributed by atoms with E-state index in [1.165, 1.54) is 10.4 Å². The summed E-state index contributed by atoms with van der Waals surface area (Å²) < 4.78 is 38.5. The van der Waals surface area contributed by atoms with Crippen LogP contribution < -0.4 is 10.1 Å². The zero-order chi connectivity index (χ0) is 20.9. The van der Waals surface area contributed by atoms with Crippen LogP contribution in [0.2, 0.25) is 0 Å². The quantitative estimate of drug-likeness (QED) is 0.701. The normalized spacial score (nSPS) is 15.4. The fraction of sp³-hybridized carbons (Fsp3) is 0.476. The molecule has 0 aliphatic carbocycles. The maximum atomic E-state index is 13.0. The molecule has 2 aromatic rings. The molecular weight excluding hydrogens is 392 g/mol. The average Bonchev–Trinajstić information content (AvgIpc) is 3.21. The molecule has 1 aromatic carbocycles. The number of anilines is 1. The largest absolute Gasteiger partial charge is 0.489 e. The Kier molecular flexibility index (Phi) is 6.97. The number of sulfonamides is 1. The van der Waals surface area contributed by atoms with Gasteiger partial charge >= 0.3 is 0 Å². The number of nitrogens with one attached hydrogen (secondary N) is 1. The van der Waals surface area contributed by atoms with Crippen molar-refractivity contribution in [3.63, 3.8) is 0 Å². The molecule has 1 fully saturated rings. The van der Waals surface area contributed by atoms with Gasteiger partial charge in [0.15, 0.2) is 0 Å². The molecule has 1 saturated heterocycles. The van der Waals surface area contributed by atoms with Crippen LogP contribution in [0.25, 0.3) is 0 Å². The summed E-state index contributed by atoms with van der Waals surface area (Å²) in [5.41, 5.74) is 0.362. The standard InChI is InChI=1S/C21H28N2O5S/c1-16(2)28-20-10-9-18(29(25,26)23-12-4-3-5-13-23)15-19(20)22-21(24)11-8-17-7-6-14-27-17/h6-7,9-10,14-16H,3-5,8,11-13H2,1-2H3,(H,22,24). The third-order valence-corrected chi connectivity index (χ3v) is 6.61. The number of benzene rings is 1. The molecule has 0 spiro atoms. The number of hydrogen-bond acceptors (Lipinski definition) is 5. The number of piperidine rings is 1. The lowest BCUT2D eigenvalue weighted by atomic mass is 10.2. The van der Waals surface area contributed by atoms with Crippen LogP contribution >= 0.6 is 0 Å². The summed E-state index contributed by atoms with van der Waals surface area (Å²) in [7, 11) is -3.60. The monoisotopic (exact) mass is 420 g/mol. The molecule has 1 amide bonds. The van der Waals surface area contributed by atoms with Crippen LogP contribution in [0.15, 0.2) is 45.9 Å². The van der Waals surface area contributed by atoms with Crippen molar-refractivity contribution in [2.75, 3.05) is 18.4 Å². The van der Waals surface area contributed by atoms with Crippen molar-refractivity contribution >= 4 is 21.6 Å². The van der Waals surface area contributed by atoms with Crippen LogP contribution in [0.5, 0.6) is 5.75 Å². The van der Waals surface area contributed by atoms with E-state index < -0.39 is 10.0 Å². The fourth-order valence-electron chi connectivity index (χ4n) is 3.28. The molecule has 1 aliphatic heterocycles. The number of nitrogens with zero attached hydrogens (tertiary/aromatic N) is 1. The Labute approximate surface area is 172 Å². The second kappa shape index (κ2) is 9.45. The number of furan rings is 1. The number of amides is 1. The molecule has 8 heteroatoms. The molecule has 0 unspecified atom stereocenters. The first-order valence-corrected chi connectivity index (χ1v) is 11.4. The van der Waals surface area contributed by atoms with Crippen LogP contribution in [-0.2, 0) is 21.2 Å². The molecule has 1 aliphatic rings. The third-order valence-electron chi connectivity index (χ3n) is 4.72. The first-order chi connectivity index (χ1) is 13.9. The van der Waals surface area contributed by atoms with E-state index >= 15 is 0 Å². The first kappa shape index (κ1) is 21.4. The van der Waals surface area contributed by atoms with E-state index in [9.17, 15) is 13.2 Å². The summed E-state index contributed by atoms with van der Waals surface area (Å²) >= 11 is 0. The second-order valence-electron chi connectivity index (χ2n) is 7.42. The predicted octanol–water partition coefficient (Wildman–Crippen LogP) is 3.81. The maximum Gasteiger partial charge on any atom is 0.243 e. The van der Waals surface area contributed by atoms with Crippen molar-refractivity contribution in [1.29, 1.82) is 0 Å². The van der Waals surface area contributed by atoms with Crippen LogP contribution in [-0.4, -0.2) is 37.8 Å². The van der Waals surface area contributed by atoms with Gasteiger partial charge in [0.2, 0.25) is 15.9 Å². The summed E-state index contributed by atoms with van der Waals surface area (Å²) in [5, 5.41) is 2.81. The molecule has 1 aromatic heterocycles. The lowest BCUT2D eigenvalue weighted by Gasteiger charge is -2.26. The molecule has 2 heterocycles. The van der Waals surface area contributed by atoms with Crippen molar-refractivity contribution in [3.8, 4) is 5.75 Å². The van der Waals surface area contributed by atoms with E-state index in [-0.39, 0.29) is 23.3 Å². The lowest BCUT2D eigenvalue weighted by Crippen LogP contribution is -2.35. The van der Waals surface area contributed by atoms with E-state index in [1.807, 2.05) is 19.9 Å². The van der Waals surface area contributed by atoms with Gasteiger partial charge in [0, 0.05) is 25.9 Å². The second-order valence-corrected chi connectivity index (χ2v) is 9.35. The number of rotatable bonds is 8. The highest BCUT2D eigenvalue weighted by molar-refractivity contribution is 7.89. The zero-order valence-corrected chi connectivity index (χ0v) is 17.7. The Bertz CT molecular complexity index is 917. The van der Waals surface area contributed by atoms with Gasteiger partial charge in [-0.15, -0.1) is 0 Å². The van der Waals surface area contributed by atoms with E-state index in [1.54, 1.807) is 24.5 Å². The molecule has 3 rings (SSSR count). The summed E-state index contributed by atoms with van der Waals surface area (Å²) in [5.74, 6) is 0.937. The maximum absolute atomic E-state index is 13.0. The van der Waals surface area contributed by atoms with Gasteiger partial charge in [-0.25, -0.2) is 8.42 Å². The van der Waals surface area contributed by atoms with Crippen LogP contribution in [0, 0.1) is 0 Å². The van der Waals surface area contributed by atoms with Gasteiger partial charge in [0.05, 0.1) is 22.9 Å². The molecule has 158 valence electrons. The Balaban J connectivity index is 1.80. The van der Waals surface area contributed by atoms with Crippen molar-refractivity contribution in [3.05, 3.63) is 42.4 Å². The molecule has 0 bridgehead atoms. The summed E-state index contributed by atoms with van der Waals surface area (Å²) in [6.07, 6.45) is 4.91. The number of carbonyl (C=O) groups excluding carboxylic acids is 1. The highest BCUT2D eigenvalue weighted by Gasteiger charge is 2.27. The first-order valence-electron chi connectivity index (χ1n) is 9.99. The van der Waals surface area contributed by atoms with Crippen LogP contribution in [0.1, 0.15) is 45.3 Å². The lowest BCUT2D eigenvalue weighted by molar-refractivity contribution is -0.116. The minimum absolute atomic E-state index is 0.113. The molecule has 29 heavy (non-hydrogen) atoms. The topological polar surface area (TPSA) is 88.9 Å². The van der Waals surface area contributed by atoms with Gasteiger partial charge in [-0.05, 0) is 57.0 Å². The minimum atomic E-state index is -3.60. The van der Waals surface area contributed by atoms with E-state index in [0.717, 1.165) is 25.0 Å². The third kappa shape index (κ3) is 5.61. The van der Waals surface area contributed by atoms with Crippen molar-refractivity contribution in [1.82, 2.24) is 4.31 Å². The molecule has 1 N–H and O–H groups in total. The highest BCUT2D eigenvalue weighted by atomic mass is 32.2. The van der Waals surface area contributed by atoms with Gasteiger partial charge in [0.1, 0.15) is 11.5 Å². The molecule has 0 saturated carbocycles. The van der Waals surface area contributed by atoms with Gasteiger partial charge in [-0.3, -0.25) is 4.79 Å².